The van der Waals surface area contributed by atoms with E-state index in [-0.39, 0.29) is 10.9 Å². The maximum atomic E-state index is 12.4. The molecular weight excluding hydrogens is 276 g/mol. The SMILES string of the molecule is COc1ccc(S(=O)(=O)N[C@H]2CN(C)C[C@@H]2C)cc1C. The van der Waals surface area contributed by atoms with Gasteiger partial charge in [0.25, 0.3) is 0 Å². The van der Waals surface area contributed by atoms with Gasteiger partial charge >= 0.3 is 0 Å². The Morgan fingerprint density at radius 1 is 1.35 bits per heavy atom. The van der Waals surface area contributed by atoms with Crippen LogP contribution in [0.15, 0.2) is 23.1 Å². The zero-order chi connectivity index (χ0) is 14.9. The predicted octanol–water partition coefficient (Wildman–Crippen LogP) is 1.23. The molecule has 0 saturated carbocycles. The summed E-state index contributed by atoms with van der Waals surface area (Å²) in [5, 5.41) is 0. The van der Waals surface area contributed by atoms with Crippen molar-refractivity contribution in [2.45, 2.75) is 24.8 Å². The molecule has 0 spiro atoms. The summed E-state index contributed by atoms with van der Waals surface area (Å²) in [6.07, 6.45) is 0. The van der Waals surface area contributed by atoms with Gasteiger partial charge in [0.2, 0.25) is 10.0 Å². The lowest BCUT2D eigenvalue weighted by atomic mass is 10.1. The van der Waals surface area contributed by atoms with Crippen molar-refractivity contribution in [2.75, 3.05) is 27.2 Å². The van der Waals surface area contributed by atoms with Crippen LogP contribution >= 0.6 is 0 Å². The molecule has 20 heavy (non-hydrogen) atoms. The Balaban J connectivity index is 2.20. The first-order valence-electron chi connectivity index (χ1n) is 6.69. The lowest BCUT2D eigenvalue weighted by Crippen LogP contribution is -2.39. The molecule has 1 aromatic carbocycles. The second-order valence-electron chi connectivity index (χ2n) is 5.56. The van der Waals surface area contributed by atoms with E-state index in [1.165, 1.54) is 0 Å². The first-order valence-corrected chi connectivity index (χ1v) is 8.17. The number of sulfonamides is 1. The number of ether oxygens (including phenoxy) is 1. The van der Waals surface area contributed by atoms with E-state index in [9.17, 15) is 8.42 Å². The average Bonchev–Trinajstić information content (AvgIpc) is 2.67. The molecule has 6 heteroatoms. The van der Waals surface area contributed by atoms with Crippen molar-refractivity contribution in [3.8, 4) is 5.75 Å². The van der Waals surface area contributed by atoms with Gasteiger partial charge in [0.05, 0.1) is 12.0 Å². The Bertz CT molecular complexity index is 586. The Morgan fingerprint density at radius 2 is 2.05 bits per heavy atom. The van der Waals surface area contributed by atoms with Crippen molar-refractivity contribution in [1.82, 2.24) is 9.62 Å². The molecule has 2 atom stereocenters. The van der Waals surface area contributed by atoms with E-state index in [0.29, 0.717) is 11.7 Å². The summed E-state index contributed by atoms with van der Waals surface area (Å²) < 4.78 is 32.8. The maximum Gasteiger partial charge on any atom is 0.240 e. The van der Waals surface area contributed by atoms with Gasteiger partial charge < -0.3 is 9.64 Å². The van der Waals surface area contributed by atoms with Gasteiger partial charge in [-0.15, -0.1) is 0 Å². The normalized spacial score (nSPS) is 24.0. The molecule has 0 unspecified atom stereocenters. The first kappa shape index (κ1) is 15.3. The molecule has 0 amide bonds. The number of benzene rings is 1. The van der Waals surface area contributed by atoms with Gasteiger partial charge in [-0.2, -0.15) is 0 Å². The highest BCUT2D eigenvalue weighted by molar-refractivity contribution is 7.89. The van der Waals surface area contributed by atoms with Crippen LogP contribution in [0.25, 0.3) is 0 Å². The first-order chi connectivity index (χ1) is 9.33. The highest BCUT2D eigenvalue weighted by Gasteiger charge is 2.31. The standard InChI is InChI=1S/C14H22N2O3S/c1-10-7-12(5-6-14(10)19-4)20(17,18)15-13-9-16(3)8-11(13)2/h5-7,11,13,15H,8-9H2,1-4H3/t11-,13-/m0/s1. The number of nitrogens with one attached hydrogen (secondary N) is 1. The third-order valence-corrected chi connectivity index (χ3v) is 5.27. The van der Waals surface area contributed by atoms with Crippen molar-refractivity contribution in [3.63, 3.8) is 0 Å². The molecule has 1 saturated heterocycles. The van der Waals surface area contributed by atoms with Crippen LogP contribution in [0.2, 0.25) is 0 Å². The highest BCUT2D eigenvalue weighted by Crippen LogP contribution is 2.23. The fourth-order valence-corrected chi connectivity index (χ4v) is 4.07. The van der Waals surface area contributed by atoms with E-state index in [0.717, 1.165) is 18.7 Å². The number of likely N-dealkylation sites (tertiary alicyclic amines) is 1. The molecule has 1 aliphatic rings. The minimum Gasteiger partial charge on any atom is -0.496 e. The van der Waals surface area contributed by atoms with Crippen molar-refractivity contribution in [2.24, 2.45) is 5.92 Å². The van der Waals surface area contributed by atoms with Crippen molar-refractivity contribution >= 4 is 10.0 Å². The lowest BCUT2D eigenvalue weighted by Gasteiger charge is -2.17. The van der Waals surface area contributed by atoms with Crippen LogP contribution in [0.5, 0.6) is 5.75 Å². The smallest absolute Gasteiger partial charge is 0.240 e. The van der Waals surface area contributed by atoms with Gasteiger partial charge in [0, 0.05) is 19.1 Å². The summed E-state index contributed by atoms with van der Waals surface area (Å²) in [5.74, 6) is 1.01. The Kier molecular flexibility index (Phi) is 4.36. The quantitative estimate of drug-likeness (QED) is 0.908. The molecule has 1 fully saturated rings. The number of likely N-dealkylation sites (N-methyl/N-ethyl adjacent to an activating group) is 1. The Hall–Kier alpha value is -1.11. The number of hydrogen-bond acceptors (Lipinski definition) is 4. The zero-order valence-electron chi connectivity index (χ0n) is 12.4. The van der Waals surface area contributed by atoms with Crippen LogP contribution in [-0.4, -0.2) is 46.6 Å². The predicted molar refractivity (Wildman–Crippen MR) is 78.5 cm³/mol. The van der Waals surface area contributed by atoms with Crippen molar-refractivity contribution in [1.29, 1.82) is 0 Å². The van der Waals surface area contributed by atoms with Crippen LogP contribution < -0.4 is 9.46 Å². The van der Waals surface area contributed by atoms with Crippen molar-refractivity contribution in [3.05, 3.63) is 23.8 Å². The molecule has 1 aromatic rings. The molecular formula is C14H22N2O3S. The van der Waals surface area contributed by atoms with Crippen LogP contribution in [0.3, 0.4) is 0 Å². The third kappa shape index (κ3) is 3.13. The van der Waals surface area contributed by atoms with E-state index in [1.54, 1.807) is 25.3 Å². The summed E-state index contributed by atoms with van der Waals surface area (Å²) in [6, 6.07) is 4.88. The summed E-state index contributed by atoms with van der Waals surface area (Å²) in [5.41, 5.74) is 0.812. The molecule has 5 nitrogen and oxygen atoms in total. The summed E-state index contributed by atoms with van der Waals surface area (Å²) >= 11 is 0. The molecule has 0 aromatic heterocycles. The lowest BCUT2D eigenvalue weighted by molar-refractivity contribution is 0.400. The topological polar surface area (TPSA) is 58.6 Å². The van der Waals surface area contributed by atoms with E-state index < -0.39 is 10.0 Å². The van der Waals surface area contributed by atoms with Crippen LogP contribution in [0.1, 0.15) is 12.5 Å². The molecule has 112 valence electrons. The molecule has 1 heterocycles. The number of nitrogens with zero attached hydrogens (tertiary/aromatic N) is 1. The number of aryl methyl sites for hydroxylation is 1. The average molecular weight is 298 g/mol. The summed E-state index contributed by atoms with van der Waals surface area (Å²) in [4.78, 5) is 2.43. The fourth-order valence-electron chi connectivity index (χ4n) is 2.65. The van der Waals surface area contributed by atoms with Crippen LogP contribution in [0, 0.1) is 12.8 Å². The summed E-state index contributed by atoms with van der Waals surface area (Å²) in [7, 11) is 0.0968. The van der Waals surface area contributed by atoms with Gasteiger partial charge in [0.15, 0.2) is 0 Å². The molecule has 1 N–H and O–H groups in total. The highest BCUT2D eigenvalue weighted by atomic mass is 32.2. The summed E-state index contributed by atoms with van der Waals surface area (Å²) in [6.45, 7) is 5.56. The monoisotopic (exact) mass is 298 g/mol. The minimum absolute atomic E-state index is 0.0348. The molecule has 2 rings (SSSR count). The maximum absolute atomic E-state index is 12.4. The second-order valence-corrected chi connectivity index (χ2v) is 7.27. The Morgan fingerprint density at radius 3 is 2.55 bits per heavy atom. The third-order valence-electron chi connectivity index (χ3n) is 3.78. The molecule has 1 aliphatic heterocycles. The van der Waals surface area contributed by atoms with Gasteiger partial charge in [0.1, 0.15) is 5.75 Å². The van der Waals surface area contributed by atoms with Crippen molar-refractivity contribution < 1.29 is 13.2 Å². The zero-order valence-corrected chi connectivity index (χ0v) is 13.2. The second kappa shape index (κ2) is 5.71. The largest absolute Gasteiger partial charge is 0.496 e. The Labute approximate surface area is 121 Å². The van der Waals surface area contributed by atoms with Crippen LogP contribution in [0.4, 0.5) is 0 Å². The van der Waals surface area contributed by atoms with Gasteiger partial charge in [-0.3, -0.25) is 0 Å². The van der Waals surface area contributed by atoms with Gasteiger partial charge in [-0.25, -0.2) is 13.1 Å². The van der Waals surface area contributed by atoms with E-state index >= 15 is 0 Å². The van der Waals surface area contributed by atoms with E-state index in [2.05, 4.69) is 16.5 Å². The number of methoxy groups -OCH3 is 1. The van der Waals surface area contributed by atoms with Crippen LogP contribution in [-0.2, 0) is 10.0 Å². The number of hydrogen-bond donors (Lipinski definition) is 1. The molecule has 0 aliphatic carbocycles. The van der Waals surface area contributed by atoms with E-state index in [4.69, 9.17) is 4.74 Å². The van der Waals surface area contributed by atoms with E-state index in [1.807, 2.05) is 14.0 Å². The van der Waals surface area contributed by atoms with Gasteiger partial charge in [-0.1, -0.05) is 6.92 Å². The fraction of sp³-hybridized carbons (Fsp3) is 0.571. The van der Waals surface area contributed by atoms with Gasteiger partial charge in [-0.05, 0) is 43.7 Å². The molecule has 0 bridgehead atoms. The number of rotatable bonds is 4. The minimum atomic E-state index is -3.48. The molecule has 0 radical (unpaired) electrons.